The summed E-state index contributed by atoms with van der Waals surface area (Å²) in [6.45, 7) is 2.22. The summed E-state index contributed by atoms with van der Waals surface area (Å²) < 4.78 is 11.0. The van der Waals surface area contributed by atoms with Gasteiger partial charge in [-0.1, -0.05) is 6.07 Å². The zero-order valence-corrected chi connectivity index (χ0v) is 10.9. The minimum Gasteiger partial charge on any atom is -0.493 e. The van der Waals surface area contributed by atoms with Crippen LogP contribution in [0.5, 0.6) is 11.5 Å². The molecule has 17 heavy (non-hydrogen) atoms. The fourth-order valence-electron chi connectivity index (χ4n) is 1.52. The van der Waals surface area contributed by atoms with E-state index in [0.29, 0.717) is 13.2 Å². The van der Waals surface area contributed by atoms with Crippen molar-refractivity contribution in [1.82, 2.24) is 4.90 Å². The van der Waals surface area contributed by atoms with Crippen molar-refractivity contribution in [2.45, 2.75) is 13.0 Å². The number of benzene rings is 1. The van der Waals surface area contributed by atoms with E-state index in [1.807, 2.05) is 18.2 Å². The van der Waals surface area contributed by atoms with Gasteiger partial charge in [-0.25, -0.2) is 0 Å². The molecule has 0 unspecified atom stereocenters. The normalized spacial score (nSPS) is 10.6. The van der Waals surface area contributed by atoms with Gasteiger partial charge >= 0.3 is 0 Å². The number of methoxy groups -OCH3 is 1. The number of ether oxygens (including phenoxy) is 2. The highest BCUT2D eigenvalue weighted by molar-refractivity contribution is 5.42. The van der Waals surface area contributed by atoms with Gasteiger partial charge in [0.15, 0.2) is 11.5 Å². The molecule has 0 spiro atoms. The Morgan fingerprint density at radius 1 is 1.24 bits per heavy atom. The van der Waals surface area contributed by atoms with E-state index in [0.717, 1.165) is 30.0 Å². The van der Waals surface area contributed by atoms with Crippen LogP contribution in [-0.2, 0) is 6.54 Å². The molecule has 2 N–H and O–H groups in total. The summed E-state index contributed by atoms with van der Waals surface area (Å²) in [4.78, 5) is 2.14. The lowest BCUT2D eigenvalue weighted by molar-refractivity contribution is 0.268. The second-order valence-electron chi connectivity index (χ2n) is 4.19. The van der Waals surface area contributed by atoms with Crippen molar-refractivity contribution in [3.8, 4) is 11.5 Å². The Bertz CT molecular complexity index is 340. The van der Waals surface area contributed by atoms with Crippen LogP contribution in [0.3, 0.4) is 0 Å². The van der Waals surface area contributed by atoms with Gasteiger partial charge in [-0.05, 0) is 38.2 Å². The third kappa shape index (κ3) is 4.63. The van der Waals surface area contributed by atoms with Gasteiger partial charge in [0.05, 0.1) is 13.7 Å². The Kier molecular flexibility index (Phi) is 5.80. The Balaban J connectivity index is 2.52. The fraction of sp³-hybridized carbons (Fsp3) is 0.538. The molecule has 0 atom stereocenters. The van der Waals surface area contributed by atoms with E-state index < -0.39 is 0 Å². The molecule has 0 aliphatic heterocycles. The van der Waals surface area contributed by atoms with E-state index in [2.05, 4.69) is 19.0 Å². The first-order valence-electron chi connectivity index (χ1n) is 5.82. The highest BCUT2D eigenvalue weighted by Crippen LogP contribution is 2.27. The van der Waals surface area contributed by atoms with Gasteiger partial charge in [0.1, 0.15) is 0 Å². The second-order valence-corrected chi connectivity index (χ2v) is 4.19. The number of nitrogens with zero attached hydrogens (tertiary/aromatic N) is 1. The zero-order chi connectivity index (χ0) is 12.7. The van der Waals surface area contributed by atoms with Crippen LogP contribution in [0, 0.1) is 0 Å². The third-order valence-corrected chi connectivity index (χ3v) is 2.47. The molecule has 0 bridgehead atoms. The number of rotatable bonds is 7. The number of nitrogens with two attached hydrogens (primary N) is 1. The van der Waals surface area contributed by atoms with E-state index in [9.17, 15) is 0 Å². The van der Waals surface area contributed by atoms with Crippen molar-refractivity contribution in [3.05, 3.63) is 23.8 Å². The maximum atomic E-state index is 5.69. The Hall–Kier alpha value is -1.26. The van der Waals surface area contributed by atoms with Crippen LogP contribution in [-0.4, -0.2) is 39.3 Å². The molecule has 0 amide bonds. The van der Waals surface area contributed by atoms with E-state index >= 15 is 0 Å². The second kappa shape index (κ2) is 7.14. The first kappa shape index (κ1) is 13.8. The van der Waals surface area contributed by atoms with E-state index in [-0.39, 0.29) is 0 Å². The van der Waals surface area contributed by atoms with E-state index in [1.165, 1.54) is 0 Å². The predicted molar refractivity (Wildman–Crippen MR) is 69.6 cm³/mol. The van der Waals surface area contributed by atoms with E-state index in [4.69, 9.17) is 15.2 Å². The van der Waals surface area contributed by atoms with Crippen LogP contribution >= 0.6 is 0 Å². The van der Waals surface area contributed by atoms with Crippen molar-refractivity contribution >= 4 is 0 Å². The van der Waals surface area contributed by atoms with Gasteiger partial charge in [-0.15, -0.1) is 0 Å². The van der Waals surface area contributed by atoms with Crippen LogP contribution in [0.2, 0.25) is 0 Å². The maximum Gasteiger partial charge on any atom is 0.161 e. The largest absolute Gasteiger partial charge is 0.493 e. The topological polar surface area (TPSA) is 47.7 Å². The maximum absolute atomic E-state index is 5.69. The smallest absolute Gasteiger partial charge is 0.161 e. The monoisotopic (exact) mass is 238 g/mol. The van der Waals surface area contributed by atoms with Crippen molar-refractivity contribution in [3.63, 3.8) is 0 Å². The molecule has 1 aromatic rings. The predicted octanol–water partition coefficient (Wildman–Crippen LogP) is 1.48. The van der Waals surface area contributed by atoms with Crippen LogP contribution in [0.25, 0.3) is 0 Å². The Morgan fingerprint density at radius 2 is 2.00 bits per heavy atom. The van der Waals surface area contributed by atoms with Crippen molar-refractivity contribution < 1.29 is 9.47 Å². The lowest BCUT2D eigenvalue weighted by atomic mass is 10.2. The molecule has 0 fully saturated rings. The zero-order valence-electron chi connectivity index (χ0n) is 10.9. The quantitative estimate of drug-likeness (QED) is 0.731. The summed E-state index contributed by atoms with van der Waals surface area (Å²) in [5.41, 5.74) is 6.62. The molecule has 0 saturated heterocycles. The summed E-state index contributed by atoms with van der Waals surface area (Å²) in [6.07, 6.45) is 0.995. The van der Waals surface area contributed by atoms with Gasteiger partial charge in [-0.3, -0.25) is 0 Å². The van der Waals surface area contributed by atoms with Gasteiger partial charge in [-0.2, -0.15) is 0 Å². The van der Waals surface area contributed by atoms with Gasteiger partial charge in [0.2, 0.25) is 0 Å². The molecule has 0 aliphatic carbocycles. The molecule has 1 rings (SSSR count). The van der Waals surface area contributed by atoms with Crippen LogP contribution in [0.4, 0.5) is 0 Å². The summed E-state index contributed by atoms with van der Waals surface area (Å²) >= 11 is 0. The highest BCUT2D eigenvalue weighted by atomic mass is 16.5. The SMILES string of the molecule is COc1cc(CN)ccc1OCCCN(C)C. The highest BCUT2D eigenvalue weighted by Gasteiger charge is 2.05. The molecule has 96 valence electrons. The lowest BCUT2D eigenvalue weighted by Gasteiger charge is -2.13. The molecule has 1 aromatic carbocycles. The van der Waals surface area contributed by atoms with Gasteiger partial charge in [0.25, 0.3) is 0 Å². The summed E-state index contributed by atoms with van der Waals surface area (Å²) in [6, 6.07) is 5.79. The molecule has 0 aromatic heterocycles. The minimum atomic E-state index is 0.511. The molecule has 0 heterocycles. The Morgan fingerprint density at radius 3 is 2.59 bits per heavy atom. The minimum absolute atomic E-state index is 0.511. The average Bonchev–Trinajstić information content (AvgIpc) is 2.34. The van der Waals surface area contributed by atoms with Gasteiger partial charge < -0.3 is 20.1 Å². The Labute approximate surface area is 103 Å². The molecular formula is C13H22N2O2. The summed E-state index contributed by atoms with van der Waals surface area (Å²) in [5, 5.41) is 0. The van der Waals surface area contributed by atoms with Crippen LogP contribution in [0.1, 0.15) is 12.0 Å². The summed E-state index contributed by atoms with van der Waals surface area (Å²) in [5.74, 6) is 1.53. The molecule has 4 nitrogen and oxygen atoms in total. The van der Waals surface area contributed by atoms with Crippen molar-refractivity contribution in [2.24, 2.45) is 5.73 Å². The van der Waals surface area contributed by atoms with Crippen LogP contribution in [0.15, 0.2) is 18.2 Å². The lowest BCUT2D eigenvalue weighted by Crippen LogP contribution is -2.15. The summed E-state index contributed by atoms with van der Waals surface area (Å²) in [7, 11) is 5.75. The van der Waals surface area contributed by atoms with Crippen molar-refractivity contribution in [2.75, 3.05) is 34.4 Å². The van der Waals surface area contributed by atoms with Crippen molar-refractivity contribution in [1.29, 1.82) is 0 Å². The molecule has 0 radical (unpaired) electrons. The molecule has 0 aliphatic rings. The van der Waals surface area contributed by atoms with E-state index in [1.54, 1.807) is 7.11 Å². The first-order valence-corrected chi connectivity index (χ1v) is 5.82. The first-order chi connectivity index (χ1) is 8.17. The van der Waals surface area contributed by atoms with Gasteiger partial charge in [0, 0.05) is 13.1 Å². The number of hydrogen-bond donors (Lipinski definition) is 1. The molecule has 4 heteroatoms. The number of hydrogen-bond acceptors (Lipinski definition) is 4. The van der Waals surface area contributed by atoms with Crippen LogP contribution < -0.4 is 15.2 Å². The molecule has 0 saturated carbocycles. The third-order valence-electron chi connectivity index (χ3n) is 2.47. The standard InChI is InChI=1S/C13H22N2O2/c1-15(2)7-4-8-17-12-6-5-11(10-14)9-13(12)16-3/h5-6,9H,4,7-8,10,14H2,1-3H3. The average molecular weight is 238 g/mol. The fourth-order valence-corrected chi connectivity index (χ4v) is 1.52. The molecular weight excluding hydrogens is 216 g/mol.